The molecule has 0 saturated heterocycles. The molecule has 0 aliphatic rings. The Balaban J connectivity index is 2.70. The first-order valence-electron chi connectivity index (χ1n) is 6.50. The number of aromatic nitrogens is 4. The van der Waals surface area contributed by atoms with Crippen LogP contribution in [0.15, 0.2) is 0 Å². The molecule has 0 aliphatic carbocycles. The van der Waals surface area contributed by atoms with Crippen molar-refractivity contribution in [1.29, 1.82) is 0 Å². The first-order valence-corrected chi connectivity index (χ1v) is 6.50. The predicted molar refractivity (Wildman–Crippen MR) is 76.6 cm³/mol. The van der Waals surface area contributed by atoms with Crippen LogP contribution in [0.25, 0.3) is 5.82 Å². The van der Waals surface area contributed by atoms with E-state index in [9.17, 15) is 0 Å². The number of hydrogen-bond donors (Lipinski definition) is 1. The Kier molecular flexibility index (Phi) is 3.30. The van der Waals surface area contributed by atoms with E-state index in [0.29, 0.717) is 5.82 Å². The van der Waals surface area contributed by atoms with E-state index in [4.69, 9.17) is 5.73 Å². The summed E-state index contributed by atoms with van der Waals surface area (Å²) in [7, 11) is 0. The molecule has 0 spiro atoms. The summed E-state index contributed by atoms with van der Waals surface area (Å²) in [5, 5.41) is 4.55. The maximum Gasteiger partial charge on any atom is 0.162 e. The molecule has 5 nitrogen and oxygen atoms in total. The molecule has 2 N–H and O–H groups in total. The van der Waals surface area contributed by atoms with Gasteiger partial charge in [0.05, 0.1) is 5.69 Å². The first kappa shape index (κ1) is 13.5. The minimum Gasteiger partial charge on any atom is -0.383 e. The molecule has 0 fully saturated rings. The van der Waals surface area contributed by atoms with E-state index in [0.717, 1.165) is 28.6 Å². The van der Waals surface area contributed by atoms with Gasteiger partial charge >= 0.3 is 0 Å². The lowest BCUT2D eigenvalue weighted by Crippen LogP contribution is -2.12. The molecular formula is C14H21N5. The zero-order valence-corrected chi connectivity index (χ0v) is 12.4. The number of hydrogen-bond acceptors (Lipinski definition) is 4. The van der Waals surface area contributed by atoms with Gasteiger partial charge in [-0.2, -0.15) is 5.10 Å². The van der Waals surface area contributed by atoms with Gasteiger partial charge in [0.25, 0.3) is 0 Å². The fraction of sp³-hybridized carbons (Fsp3) is 0.500. The summed E-state index contributed by atoms with van der Waals surface area (Å²) in [4.78, 5) is 8.97. The molecule has 0 aromatic carbocycles. The van der Waals surface area contributed by atoms with E-state index in [1.165, 1.54) is 5.56 Å². The van der Waals surface area contributed by atoms with E-state index >= 15 is 0 Å². The summed E-state index contributed by atoms with van der Waals surface area (Å²) in [6.07, 6.45) is 0. The Hall–Kier alpha value is -1.91. The Morgan fingerprint density at radius 2 is 1.63 bits per heavy atom. The van der Waals surface area contributed by atoms with Crippen molar-refractivity contribution in [2.75, 3.05) is 5.73 Å². The van der Waals surface area contributed by atoms with Gasteiger partial charge in [-0.3, -0.25) is 0 Å². The average molecular weight is 259 g/mol. The molecule has 0 unspecified atom stereocenters. The van der Waals surface area contributed by atoms with Crippen LogP contribution in [0.1, 0.15) is 48.1 Å². The summed E-state index contributed by atoms with van der Waals surface area (Å²) in [6, 6.07) is 0. The van der Waals surface area contributed by atoms with Crippen molar-refractivity contribution < 1.29 is 0 Å². The van der Waals surface area contributed by atoms with Gasteiger partial charge in [0.1, 0.15) is 11.6 Å². The minimum atomic E-state index is 0.236. The van der Waals surface area contributed by atoms with Crippen LogP contribution in [-0.4, -0.2) is 19.7 Å². The van der Waals surface area contributed by atoms with Crippen LogP contribution in [0, 0.1) is 27.7 Å². The Bertz CT molecular complexity index is 625. The Labute approximate surface area is 113 Å². The third kappa shape index (κ3) is 2.20. The molecule has 19 heavy (non-hydrogen) atoms. The van der Waals surface area contributed by atoms with Gasteiger partial charge in [-0.1, -0.05) is 13.8 Å². The van der Waals surface area contributed by atoms with Crippen LogP contribution in [0.2, 0.25) is 0 Å². The monoisotopic (exact) mass is 259 g/mol. The maximum atomic E-state index is 6.00. The zero-order chi connectivity index (χ0) is 14.3. The number of rotatable bonds is 2. The standard InChI is InChI=1S/C14H21N5/c1-7(2)13-16-12(15)9(4)14(17-13)19-11(6)8(3)10(5)18-19/h7H,1-6H3,(H2,15,16,17). The molecule has 0 saturated carbocycles. The van der Waals surface area contributed by atoms with Crippen LogP contribution in [0.5, 0.6) is 0 Å². The Morgan fingerprint density at radius 3 is 2.11 bits per heavy atom. The molecule has 0 radical (unpaired) electrons. The van der Waals surface area contributed by atoms with Gasteiger partial charge in [-0.05, 0) is 33.3 Å². The van der Waals surface area contributed by atoms with Crippen molar-refractivity contribution in [1.82, 2.24) is 19.7 Å². The molecule has 2 aromatic rings. The maximum absolute atomic E-state index is 6.00. The van der Waals surface area contributed by atoms with Crippen LogP contribution in [-0.2, 0) is 0 Å². The molecule has 102 valence electrons. The molecule has 2 aromatic heterocycles. The van der Waals surface area contributed by atoms with Crippen LogP contribution in [0.4, 0.5) is 5.82 Å². The Morgan fingerprint density at radius 1 is 1.00 bits per heavy atom. The van der Waals surface area contributed by atoms with E-state index in [1.54, 1.807) is 0 Å². The van der Waals surface area contributed by atoms with E-state index in [1.807, 2.05) is 25.5 Å². The third-order valence-electron chi connectivity index (χ3n) is 3.55. The van der Waals surface area contributed by atoms with Crippen LogP contribution >= 0.6 is 0 Å². The van der Waals surface area contributed by atoms with Crippen LogP contribution < -0.4 is 5.73 Å². The fourth-order valence-corrected chi connectivity index (χ4v) is 1.93. The van der Waals surface area contributed by atoms with Crippen molar-refractivity contribution in [3.05, 3.63) is 28.3 Å². The lowest BCUT2D eigenvalue weighted by atomic mass is 10.2. The lowest BCUT2D eigenvalue weighted by molar-refractivity contribution is 0.732. The number of nitrogen functional groups attached to an aromatic ring is 1. The molecule has 5 heteroatoms. The van der Waals surface area contributed by atoms with Crippen molar-refractivity contribution in [3.63, 3.8) is 0 Å². The zero-order valence-electron chi connectivity index (χ0n) is 12.4. The second kappa shape index (κ2) is 4.64. The second-order valence-corrected chi connectivity index (χ2v) is 5.28. The second-order valence-electron chi connectivity index (χ2n) is 5.28. The summed E-state index contributed by atoms with van der Waals surface area (Å²) in [5.41, 5.74) is 10.2. The number of aryl methyl sites for hydroxylation is 1. The van der Waals surface area contributed by atoms with Crippen molar-refractivity contribution >= 4 is 5.82 Å². The number of anilines is 1. The van der Waals surface area contributed by atoms with Gasteiger partial charge in [0.15, 0.2) is 5.82 Å². The molecule has 0 aliphatic heterocycles. The van der Waals surface area contributed by atoms with E-state index in [2.05, 4.69) is 35.8 Å². The van der Waals surface area contributed by atoms with Gasteiger partial charge in [-0.15, -0.1) is 0 Å². The van der Waals surface area contributed by atoms with Gasteiger partial charge in [0.2, 0.25) is 0 Å². The SMILES string of the molecule is Cc1nn(-c2nc(C(C)C)nc(N)c2C)c(C)c1C. The summed E-state index contributed by atoms with van der Waals surface area (Å²) in [6.45, 7) is 12.2. The molecule has 2 heterocycles. The predicted octanol–water partition coefficient (Wildman–Crippen LogP) is 2.60. The van der Waals surface area contributed by atoms with Crippen molar-refractivity contribution in [3.8, 4) is 5.82 Å². The minimum absolute atomic E-state index is 0.236. The molecule has 0 atom stereocenters. The summed E-state index contributed by atoms with van der Waals surface area (Å²) in [5.74, 6) is 2.30. The highest BCUT2D eigenvalue weighted by molar-refractivity contribution is 5.49. The summed E-state index contributed by atoms with van der Waals surface area (Å²) < 4.78 is 1.86. The summed E-state index contributed by atoms with van der Waals surface area (Å²) >= 11 is 0. The van der Waals surface area contributed by atoms with Crippen molar-refractivity contribution in [2.24, 2.45) is 0 Å². The highest BCUT2D eigenvalue weighted by Gasteiger charge is 2.16. The first-order chi connectivity index (χ1) is 8.82. The van der Waals surface area contributed by atoms with Crippen LogP contribution in [0.3, 0.4) is 0 Å². The third-order valence-corrected chi connectivity index (χ3v) is 3.55. The topological polar surface area (TPSA) is 69.6 Å². The smallest absolute Gasteiger partial charge is 0.162 e. The lowest BCUT2D eigenvalue weighted by Gasteiger charge is -2.13. The quantitative estimate of drug-likeness (QED) is 0.900. The largest absolute Gasteiger partial charge is 0.383 e. The average Bonchev–Trinajstić information content (AvgIpc) is 2.60. The fourth-order valence-electron chi connectivity index (χ4n) is 1.93. The van der Waals surface area contributed by atoms with Gasteiger partial charge < -0.3 is 5.73 Å². The molecular weight excluding hydrogens is 238 g/mol. The molecule has 0 bridgehead atoms. The highest BCUT2D eigenvalue weighted by Crippen LogP contribution is 2.23. The molecule has 2 rings (SSSR count). The number of nitrogens with zero attached hydrogens (tertiary/aromatic N) is 4. The number of nitrogens with two attached hydrogens (primary N) is 1. The normalized spacial score (nSPS) is 11.3. The van der Waals surface area contributed by atoms with Crippen molar-refractivity contribution in [2.45, 2.75) is 47.5 Å². The van der Waals surface area contributed by atoms with Gasteiger partial charge in [-0.25, -0.2) is 14.6 Å². The molecule has 0 amide bonds. The van der Waals surface area contributed by atoms with E-state index in [-0.39, 0.29) is 5.92 Å². The van der Waals surface area contributed by atoms with Gasteiger partial charge in [0, 0.05) is 17.2 Å². The van der Waals surface area contributed by atoms with E-state index < -0.39 is 0 Å². The highest BCUT2D eigenvalue weighted by atomic mass is 15.3.